The molecule has 0 amide bonds. The van der Waals surface area contributed by atoms with E-state index in [4.69, 9.17) is 46.4 Å². The van der Waals surface area contributed by atoms with E-state index in [9.17, 15) is 0 Å². The summed E-state index contributed by atoms with van der Waals surface area (Å²) in [5.74, 6) is 0. The van der Waals surface area contributed by atoms with Gasteiger partial charge in [0.25, 0.3) is 0 Å². The molecular weight excluding hydrogens is 314 g/mol. The highest BCUT2D eigenvalue weighted by atomic mass is 35.5. The highest BCUT2D eigenvalue weighted by molar-refractivity contribution is 6.52. The van der Waals surface area contributed by atoms with Crippen LogP contribution in [0, 0.1) is 0 Å². The summed E-state index contributed by atoms with van der Waals surface area (Å²) in [6.07, 6.45) is 0. The Labute approximate surface area is 124 Å². The van der Waals surface area contributed by atoms with Gasteiger partial charge in [-0.2, -0.15) is 5.11 Å². The molecular formula is C12H6Cl4N2. The zero-order valence-electron chi connectivity index (χ0n) is 8.87. The molecule has 0 spiro atoms. The molecule has 0 aliphatic heterocycles. The van der Waals surface area contributed by atoms with E-state index in [0.717, 1.165) is 0 Å². The van der Waals surface area contributed by atoms with Crippen molar-refractivity contribution < 1.29 is 0 Å². The second-order valence-electron chi connectivity index (χ2n) is 3.36. The molecule has 0 fully saturated rings. The van der Waals surface area contributed by atoms with Crippen LogP contribution >= 0.6 is 46.4 Å². The van der Waals surface area contributed by atoms with E-state index in [0.29, 0.717) is 11.4 Å². The zero-order valence-corrected chi connectivity index (χ0v) is 11.9. The first kappa shape index (κ1) is 13.6. The van der Waals surface area contributed by atoms with Crippen molar-refractivity contribution in [1.29, 1.82) is 0 Å². The van der Waals surface area contributed by atoms with Crippen LogP contribution in [0.1, 0.15) is 0 Å². The lowest BCUT2D eigenvalue weighted by Crippen LogP contribution is -1.76. The fraction of sp³-hybridized carbons (Fsp3) is 0. The lowest BCUT2D eigenvalue weighted by Gasteiger charge is -2.04. The summed E-state index contributed by atoms with van der Waals surface area (Å²) in [5, 5.41) is 8.93. The minimum atomic E-state index is 0.174. The Morgan fingerprint density at radius 2 is 1.39 bits per heavy atom. The van der Waals surface area contributed by atoms with Gasteiger partial charge >= 0.3 is 0 Å². The van der Waals surface area contributed by atoms with Gasteiger partial charge in [0.15, 0.2) is 0 Å². The molecule has 0 heterocycles. The van der Waals surface area contributed by atoms with Gasteiger partial charge in [-0.1, -0.05) is 64.6 Å². The maximum absolute atomic E-state index is 6.01. The largest absolute Gasteiger partial charge is 0.151 e. The van der Waals surface area contributed by atoms with Crippen LogP contribution in [0.25, 0.3) is 0 Å². The lowest BCUT2D eigenvalue weighted by atomic mass is 10.3. The molecule has 0 atom stereocenters. The number of hydrogen-bond donors (Lipinski definition) is 0. The van der Waals surface area contributed by atoms with E-state index in [1.165, 1.54) is 6.07 Å². The highest BCUT2D eigenvalue weighted by Crippen LogP contribution is 2.42. The molecule has 2 aromatic carbocycles. The smallest absolute Gasteiger partial charge is 0.107 e. The van der Waals surface area contributed by atoms with Gasteiger partial charge in [-0.3, -0.25) is 0 Å². The van der Waals surface area contributed by atoms with E-state index >= 15 is 0 Å². The monoisotopic (exact) mass is 318 g/mol. The maximum atomic E-state index is 6.01. The van der Waals surface area contributed by atoms with Gasteiger partial charge in [0.1, 0.15) is 5.69 Å². The normalized spacial score (nSPS) is 11.1. The number of nitrogens with zero attached hydrogens (tertiary/aromatic N) is 2. The average molecular weight is 320 g/mol. The summed E-state index contributed by atoms with van der Waals surface area (Å²) in [7, 11) is 0. The third kappa shape index (κ3) is 2.96. The first-order chi connectivity index (χ1) is 8.59. The Morgan fingerprint density at radius 1 is 0.722 bits per heavy atom. The van der Waals surface area contributed by atoms with Crippen molar-refractivity contribution in [3.8, 4) is 0 Å². The summed E-state index contributed by atoms with van der Waals surface area (Å²) in [6, 6.07) is 10.8. The fourth-order valence-electron chi connectivity index (χ4n) is 1.24. The van der Waals surface area contributed by atoms with Gasteiger partial charge in [0, 0.05) is 0 Å². The third-order valence-corrected chi connectivity index (χ3v) is 3.85. The van der Waals surface area contributed by atoms with E-state index in [1.54, 1.807) is 0 Å². The molecule has 0 aliphatic rings. The Kier molecular flexibility index (Phi) is 4.46. The van der Waals surface area contributed by atoms with E-state index in [2.05, 4.69) is 10.2 Å². The molecule has 0 aromatic heterocycles. The third-order valence-electron chi connectivity index (χ3n) is 2.11. The Balaban J connectivity index is 2.39. The van der Waals surface area contributed by atoms with Crippen molar-refractivity contribution in [1.82, 2.24) is 0 Å². The first-order valence-electron chi connectivity index (χ1n) is 4.89. The summed E-state index contributed by atoms with van der Waals surface area (Å²) < 4.78 is 0. The molecule has 2 aromatic rings. The minimum absolute atomic E-state index is 0.174. The molecule has 0 saturated heterocycles. The lowest BCUT2D eigenvalue weighted by molar-refractivity contribution is 1.23. The molecule has 0 radical (unpaired) electrons. The Morgan fingerprint density at radius 3 is 2.06 bits per heavy atom. The van der Waals surface area contributed by atoms with Crippen LogP contribution in [0.15, 0.2) is 46.6 Å². The van der Waals surface area contributed by atoms with Crippen molar-refractivity contribution in [2.75, 3.05) is 0 Å². The van der Waals surface area contributed by atoms with Crippen LogP contribution in [-0.4, -0.2) is 0 Å². The van der Waals surface area contributed by atoms with Gasteiger partial charge in [0.2, 0.25) is 0 Å². The van der Waals surface area contributed by atoms with E-state index in [1.807, 2.05) is 30.3 Å². The number of rotatable bonds is 2. The first-order valence-corrected chi connectivity index (χ1v) is 6.40. The molecule has 6 heteroatoms. The summed E-state index contributed by atoms with van der Waals surface area (Å²) in [5.41, 5.74) is 1.08. The summed E-state index contributed by atoms with van der Waals surface area (Å²) >= 11 is 23.7. The summed E-state index contributed by atoms with van der Waals surface area (Å²) in [6.45, 7) is 0. The molecule has 0 aliphatic carbocycles. The van der Waals surface area contributed by atoms with Gasteiger partial charge in [-0.15, -0.1) is 5.11 Å². The van der Waals surface area contributed by atoms with Gasteiger partial charge in [-0.25, -0.2) is 0 Å². The predicted octanol–water partition coefficient (Wildman–Crippen LogP) is 6.72. The average Bonchev–Trinajstić information content (AvgIpc) is 2.40. The van der Waals surface area contributed by atoms with Crippen molar-refractivity contribution >= 4 is 57.8 Å². The zero-order chi connectivity index (χ0) is 13.1. The number of azo groups is 1. The maximum Gasteiger partial charge on any atom is 0.107 e. The van der Waals surface area contributed by atoms with Crippen molar-refractivity contribution in [2.24, 2.45) is 10.2 Å². The quantitative estimate of drug-likeness (QED) is 0.333. The molecule has 2 rings (SSSR count). The Bertz CT molecular complexity index is 597. The van der Waals surface area contributed by atoms with Crippen LogP contribution < -0.4 is 0 Å². The number of halogens is 4. The van der Waals surface area contributed by atoms with Gasteiger partial charge in [-0.05, 0) is 18.2 Å². The fourth-order valence-corrected chi connectivity index (χ4v) is 2.07. The predicted molar refractivity (Wildman–Crippen MR) is 77.1 cm³/mol. The van der Waals surface area contributed by atoms with E-state index < -0.39 is 0 Å². The second-order valence-corrected chi connectivity index (χ2v) is 4.90. The van der Waals surface area contributed by atoms with Crippen molar-refractivity contribution in [3.05, 3.63) is 56.5 Å². The molecule has 0 unspecified atom stereocenters. The van der Waals surface area contributed by atoms with Crippen LogP contribution in [0.5, 0.6) is 0 Å². The van der Waals surface area contributed by atoms with E-state index in [-0.39, 0.29) is 20.1 Å². The summed E-state index contributed by atoms with van der Waals surface area (Å²) in [4.78, 5) is 0. The molecule has 18 heavy (non-hydrogen) atoms. The minimum Gasteiger partial charge on any atom is -0.151 e. The molecule has 0 saturated carbocycles. The Hall–Kier alpha value is -0.800. The SMILES string of the molecule is Clc1cc(N=Nc2ccccc2)c(Cl)c(Cl)c1Cl. The van der Waals surface area contributed by atoms with Gasteiger partial charge < -0.3 is 0 Å². The molecule has 0 N–H and O–H groups in total. The topological polar surface area (TPSA) is 24.7 Å². The standard InChI is InChI=1S/C12H6Cl4N2/c13-8-6-9(11(15)12(16)10(8)14)18-17-7-4-2-1-3-5-7/h1-6H. The highest BCUT2D eigenvalue weighted by Gasteiger charge is 2.12. The molecule has 2 nitrogen and oxygen atoms in total. The van der Waals surface area contributed by atoms with Crippen LogP contribution in [0.2, 0.25) is 20.1 Å². The van der Waals surface area contributed by atoms with Crippen molar-refractivity contribution in [3.63, 3.8) is 0 Å². The van der Waals surface area contributed by atoms with Crippen LogP contribution in [-0.2, 0) is 0 Å². The molecule has 0 bridgehead atoms. The van der Waals surface area contributed by atoms with Crippen molar-refractivity contribution in [2.45, 2.75) is 0 Å². The van der Waals surface area contributed by atoms with Crippen LogP contribution in [0.4, 0.5) is 11.4 Å². The number of benzene rings is 2. The van der Waals surface area contributed by atoms with Gasteiger partial charge in [0.05, 0.1) is 25.8 Å². The number of hydrogen-bond acceptors (Lipinski definition) is 2. The molecule has 92 valence electrons. The second kappa shape index (κ2) is 5.89. The van der Waals surface area contributed by atoms with Crippen LogP contribution in [0.3, 0.4) is 0 Å².